The number of hydrogen-bond donors (Lipinski definition) is 1. The number of imidazole rings is 1. The molecule has 0 aromatic carbocycles. The molecule has 1 N–H and O–H groups in total. The maximum atomic E-state index is 8.49. The average molecular weight is 277 g/mol. The summed E-state index contributed by atoms with van der Waals surface area (Å²) >= 11 is 1.67. The van der Waals surface area contributed by atoms with Crippen LogP contribution >= 0.6 is 11.3 Å². The molecule has 17 heavy (non-hydrogen) atoms. The molecule has 8 nitrogen and oxygen atoms in total. The molecule has 0 aliphatic heterocycles. The van der Waals surface area contributed by atoms with Gasteiger partial charge in [-0.15, -0.1) is 10.2 Å². The van der Waals surface area contributed by atoms with Crippen molar-refractivity contribution in [3.63, 3.8) is 0 Å². The van der Waals surface area contributed by atoms with Crippen molar-refractivity contribution in [1.29, 1.82) is 0 Å². The van der Waals surface area contributed by atoms with E-state index in [2.05, 4.69) is 15.0 Å². The normalized spacial score (nSPS) is 11.5. The molecule has 3 rings (SSSR count). The van der Waals surface area contributed by atoms with Crippen LogP contribution < -0.4 is 23.0 Å². The van der Waals surface area contributed by atoms with E-state index in [-0.39, 0.29) is 0 Å². The number of nitrogens with one attached hydrogen (secondary N) is 1. The lowest BCUT2D eigenvalue weighted by atomic mass is 10.5. The van der Waals surface area contributed by atoms with Crippen LogP contribution in [0.15, 0.2) is 24.2 Å². The Kier molecular flexibility index (Phi) is 3.19. The summed E-state index contributed by atoms with van der Waals surface area (Å²) in [7, 11) is -4.94. The van der Waals surface area contributed by atoms with Gasteiger partial charge in [0.2, 0.25) is 4.83 Å². The van der Waals surface area contributed by atoms with Gasteiger partial charge in [0, 0.05) is 5.38 Å². The lowest BCUT2D eigenvalue weighted by molar-refractivity contribution is -2.00. The van der Waals surface area contributed by atoms with Crippen LogP contribution in [0.4, 0.5) is 0 Å². The molecule has 0 spiro atoms. The standard InChI is InChI=1S/C7H4N4S.ClHO4/c1-2-12-7-5-6(9-3-8-5)10-4-11(1)7;2-1(3,4)5/h1-4H;(H,2,3,4,5). The van der Waals surface area contributed by atoms with E-state index in [1.807, 2.05) is 16.0 Å². The predicted molar refractivity (Wildman–Crippen MR) is 44.9 cm³/mol. The minimum absolute atomic E-state index is 0.775. The summed E-state index contributed by atoms with van der Waals surface area (Å²) in [6.45, 7) is 0. The summed E-state index contributed by atoms with van der Waals surface area (Å²) in [5.41, 5.74) is 1.78. The second-order valence-corrected chi connectivity index (χ2v) is 4.49. The van der Waals surface area contributed by atoms with E-state index in [0.717, 1.165) is 16.0 Å². The zero-order valence-corrected chi connectivity index (χ0v) is 9.64. The van der Waals surface area contributed by atoms with Crippen LogP contribution in [-0.4, -0.2) is 15.0 Å². The smallest absolute Gasteiger partial charge is 0.296 e. The first-order valence-corrected chi connectivity index (χ1v) is 6.25. The van der Waals surface area contributed by atoms with E-state index in [4.69, 9.17) is 18.6 Å². The largest absolute Gasteiger partial charge is 0.337 e. The highest BCUT2D eigenvalue weighted by molar-refractivity contribution is 7.15. The molecule has 0 amide bonds. The van der Waals surface area contributed by atoms with E-state index in [0.29, 0.717) is 0 Å². The molecule has 3 heterocycles. The first kappa shape index (κ1) is 12.1. The van der Waals surface area contributed by atoms with Crippen LogP contribution in [0.5, 0.6) is 0 Å². The molecular formula is C7H5ClN4O4S. The Balaban J connectivity index is 0.000000188. The molecule has 0 atom stereocenters. The fourth-order valence-corrected chi connectivity index (χ4v) is 2.05. The molecule has 0 radical (unpaired) electrons. The molecule has 0 bridgehead atoms. The summed E-state index contributed by atoms with van der Waals surface area (Å²) < 4.78 is 35.9. The van der Waals surface area contributed by atoms with Crippen molar-refractivity contribution in [3.8, 4) is 0 Å². The lowest BCUT2D eigenvalue weighted by Gasteiger charge is -2.17. The van der Waals surface area contributed by atoms with Gasteiger partial charge in [-0.25, -0.2) is 18.6 Å². The topological polar surface area (TPSA) is 138 Å². The van der Waals surface area contributed by atoms with Crippen molar-refractivity contribution in [3.05, 3.63) is 24.2 Å². The lowest BCUT2D eigenvalue weighted by Crippen LogP contribution is -2.68. The first-order valence-electron chi connectivity index (χ1n) is 4.13. The van der Waals surface area contributed by atoms with Crippen LogP contribution in [0.3, 0.4) is 0 Å². The molecule has 3 aromatic heterocycles. The highest BCUT2D eigenvalue weighted by atomic mass is 35.7. The molecule has 0 aliphatic carbocycles. The Labute approximate surface area is 100 Å². The van der Waals surface area contributed by atoms with E-state index >= 15 is 0 Å². The van der Waals surface area contributed by atoms with Crippen molar-refractivity contribution in [1.82, 2.24) is 15.0 Å². The van der Waals surface area contributed by atoms with Gasteiger partial charge in [0.1, 0.15) is 6.20 Å². The summed E-state index contributed by atoms with van der Waals surface area (Å²) in [4.78, 5) is 12.5. The summed E-state index contributed by atoms with van der Waals surface area (Å²) in [6.07, 6.45) is 5.42. The van der Waals surface area contributed by atoms with Gasteiger partial charge in [-0.2, -0.15) is 9.38 Å². The van der Waals surface area contributed by atoms with Crippen molar-refractivity contribution in [2.75, 3.05) is 0 Å². The van der Waals surface area contributed by atoms with Crippen molar-refractivity contribution in [2.24, 2.45) is 0 Å². The number of hydrogen-bond acceptors (Lipinski definition) is 7. The van der Waals surface area contributed by atoms with Gasteiger partial charge >= 0.3 is 0 Å². The quantitative estimate of drug-likeness (QED) is 0.415. The van der Waals surface area contributed by atoms with Crippen LogP contribution in [-0.2, 0) is 0 Å². The number of aromatic nitrogens is 4. The van der Waals surface area contributed by atoms with E-state index in [9.17, 15) is 0 Å². The zero-order valence-electron chi connectivity index (χ0n) is 8.07. The van der Waals surface area contributed by atoms with Crippen LogP contribution in [0.25, 0.3) is 16.0 Å². The molecule has 0 unspecified atom stereocenters. The van der Waals surface area contributed by atoms with E-state index < -0.39 is 10.2 Å². The van der Waals surface area contributed by atoms with Crippen molar-refractivity contribution in [2.45, 2.75) is 0 Å². The second-order valence-electron chi connectivity index (χ2n) is 2.84. The molecule has 0 saturated carbocycles. The van der Waals surface area contributed by atoms with Gasteiger partial charge in [0.25, 0.3) is 12.0 Å². The van der Waals surface area contributed by atoms with E-state index in [1.54, 1.807) is 24.0 Å². The summed E-state index contributed by atoms with van der Waals surface area (Å²) in [6, 6.07) is 0. The number of halogens is 1. The predicted octanol–water partition coefficient (Wildman–Crippen LogP) is -4.00. The number of H-pyrrole nitrogens is 1. The number of rotatable bonds is 0. The van der Waals surface area contributed by atoms with Gasteiger partial charge in [-0.1, -0.05) is 11.3 Å². The third-order valence-corrected chi connectivity index (χ3v) is 2.67. The molecule has 90 valence electrons. The average Bonchev–Trinajstić information content (AvgIpc) is 2.82. The molecule has 0 aliphatic rings. The third-order valence-electron chi connectivity index (χ3n) is 1.77. The monoisotopic (exact) mass is 276 g/mol. The molecule has 10 heteroatoms. The van der Waals surface area contributed by atoms with Crippen molar-refractivity contribution >= 4 is 27.3 Å². The first-order chi connectivity index (χ1) is 7.95. The second kappa shape index (κ2) is 4.49. The molecular weight excluding hydrogens is 272 g/mol. The highest BCUT2D eigenvalue weighted by Gasteiger charge is 2.10. The van der Waals surface area contributed by atoms with Gasteiger partial charge in [0.05, 0.1) is 6.33 Å². The number of thiazole rings is 1. The SMILES string of the molecule is [O-][Cl+3]([O-])([O-])[O-].c1nc2nc[n+]3ccsc3c2[nH]1. The minimum Gasteiger partial charge on any atom is -0.337 e. The van der Waals surface area contributed by atoms with Crippen molar-refractivity contribution < 1.29 is 33.3 Å². The van der Waals surface area contributed by atoms with Crippen LogP contribution in [0.2, 0.25) is 0 Å². The fourth-order valence-electron chi connectivity index (χ4n) is 1.23. The Morgan fingerprint density at radius 1 is 1.24 bits per heavy atom. The summed E-state index contributed by atoms with van der Waals surface area (Å²) in [5.74, 6) is 0. The Hall–Kier alpha value is -1.36. The fraction of sp³-hybridized carbons (Fsp3) is 0. The van der Waals surface area contributed by atoms with Crippen LogP contribution in [0, 0.1) is 10.2 Å². The number of nitrogens with zero attached hydrogens (tertiary/aromatic N) is 3. The Morgan fingerprint density at radius 2 is 1.94 bits per heavy atom. The highest BCUT2D eigenvalue weighted by Crippen LogP contribution is 2.13. The molecule has 0 saturated heterocycles. The van der Waals surface area contributed by atoms with Gasteiger partial charge in [-0.05, 0) is 4.98 Å². The van der Waals surface area contributed by atoms with Gasteiger partial charge in [0.15, 0.2) is 5.52 Å². The summed E-state index contributed by atoms with van der Waals surface area (Å²) in [5, 5.41) is 2.03. The van der Waals surface area contributed by atoms with E-state index in [1.165, 1.54) is 0 Å². The number of aromatic amines is 1. The van der Waals surface area contributed by atoms with Gasteiger partial charge in [-0.3, -0.25) is 0 Å². The number of fused-ring (bicyclic) bond motifs is 3. The van der Waals surface area contributed by atoms with Crippen LogP contribution in [0.1, 0.15) is 0 Å². The third kappa shape index (κ3) is 3.06. The zero-order chi connectivity index (χ0) is 12.5. The maximum Gasteiger partial charge on any atom is 0.296 e. The Morgan fingerprint density at radius 3 is 2.65 bits per heavy atom. The minimum atomic E-state index is -4.94. The Bertz CT molecular complexity index is 578. The maximum absolute atomic E-state index is 8.49. The van der Waals surface area contributed by atoms with Gasteiger partial charge < -0.3 is 4.98 Å². The molecule has 0 fully saturated rings. The molecule has 3 aromatic rings.